The number of rotatable bonds is 4. The van der Waals surface area contributed by atoms with Crippen LogP contribution < -0.4 is 11.1 Å². The first-order valence-corrected chi connectivity index (χ1v) is 7.51. The highest BCUT2D eigenvalue weighted by atomic mass is 79.9. The Morgan fingerprint density at radius 3 is 2.88 bits per heavy atom. The van der Waals surface area contributed by atoms with Crippen LogP contribution in [0.2, 0.25) is 0 Å². The first kappa shape index (κ1) is 12.8. The molecule has 1 fully saturated rings. The van der Waals surface area contributed by atoms with Gasteiger partial charge in [-0.2, -0.15) is 11.8 Å². The van der Waals surface area contributed by atoms with E-state index in [1.807, 2.05) is 36.0 Å². The molecule has 17 heavy (non-hydrogen) atoms. The molecule has 1 aromatic carbocycles. The summed E-state index contributed by atoms with van der Waals surface area (Å²) in [6.45, 7) is 0. The van der Waals surface area contributed by atoms with Gasteiger partial charge in [-0.1, -0.05) is 12.1 Å². The number of nitrogens with two attached hydrogens (primary N) is 1. The molecule has 1 aliphatic heterocycles. The number of primary amides is 1. The Hall–Kier alpha value is -0.680. The van der Waals surface area contributed by atoms with Crippen molar-refractivity contribution in [2.75, 3.05) is 16.8 Å². The Morgan fingerprint density at radius 2 is 2.29 bits per heavy atom. The molecule has 0 saturated carbocycles. The van der Waals surface area contributed by atoms with Crippen molar-refractivity contribution in [2.24, 2.45) is 11.7 Å². The average Bonchev–Trinajstić information content (AvgIpc) is 2.81. The Morgan fingerprint density at radius 1 is 1.53 bits per heavy atom. The van der Waals surface area contributed by atoms with Crippen LogP contribution in [0.4, 0.5) is 5.69 Å². The molecule has 1 saturated heterocycles. The third-order valence-electron chi connectivity index (χ3n) is 2.93. The monoisotopic (exact) mass is 314 g/mol. The summed E-state index contributed by atoms with van der Waals surface area (Å²) in [5, 5.41) is 3.25. The molecule has 3 nitrogen and oxygen atoms in total. The predicted octanol–water partition coefficient (Wildman–Crippen LogP) is 2.47. The van der Waals surface area contributed by atoms with Crippen LogP contribution in [-0.2, 0) is 4.79 Å². The van der Waals surface area contributed by atoms with Crippen LogP contribution in [-0.4, -0.2) is 23.5 Å². The zero-order chi connectivity index (χ0) is 12.3. The van der Waals surface area contributed by atoms with Crippen LogP contribution in [0.5, 0.6) is 0 Å². The molecule has 92 valence electrons. The van der Waals surface area contributed by atoms with E-state index in [0.29, 0.717) is 5.92 Å². The molecule has 2 rings (SSSR count). The van der Waals surface area contributed by atoms with E-state index in [0.717, 1.165) is 28.1 Å². The van der Waals surface area contributed by atoms with E-state index in [2.05, 4.69) is 21.2 Å². The Bertz CT molecular complexity index is 407. The van der Waals surface area contributed by atoms with Gasteiger partial charge >= 0.3 is 0 Å². The van der Waals surface area contributed by atoms with Crippen molar-refractivity contribution in [3.8, 4) is 0 Å². The lowest BCUT2D eigenvalue weighted by Crippen LogP contribution is -2.41. The lowest BCUT2D eigenvalue weighted by Gasteiger charge is -2.22. The molecule has 0 radical (unpaired) electrons. The highest BCUT2D eigenvalue weighted by Gasteiger charge is 2.29. The normalized spacial score (nSPS) is 21.1. The average molecular weight is 315 g/mol. The number of halogens is 1. The summed E-state index contributed by atoms with van der Waals surface area (Å²) in [6, 6.07) is 7.50. The van der Waals surface area contributed by atoms with E-state index in [-0.39, 0.29) is 11.9 Å². The summed E-state index contributed by atoms with van der Waals surface area (Å²) < 4.78 is 0.955. The van der Waals surface area contributed by atoms with Crippen molar-refractivity contribution in [3.05, 3.63) is 28.7 Å². The molecule has 0 bridgehead atoms. The number of anilines is 1. The quantitative estimate of drug-likeness (QED) is 0.897. The number of benzene rings is 1. The summed E-state index contributed by atoms with van der Waals surface area (Å²) in [6.07, 6.45) is 1.05. The van der Waals surface area contributed by atoms with Gasteiger partial charge in [0, 0.05) is 10.2 Å². The maximum absolute atomic E-state index is 11.5. The summed E-state index contributed by atoms with van der Waals surface area (Å²) in [4.78, 5) is 11.5. The van der Waals surface area contributed by atoms with Crippen LogP contribution in [0, 0.1) is 5.92 Å². The zero-order valence-corrected chi connectivity index (χ0v) is 11.8. The van der Waals surface area contributed by atoms with Gasteiger partial charge < -0.3 is 11.1 Å². The second kappa shape index (κ2) is 5.78. The summed E-state index contributed by atoms with van der Waals surface area (Å²) in [7, 11) is 0. The molecule has 1 aliphatic rings. The molecule has 1 aromatic rings. The third-order valence-corrected chi connectivity index (χ3v) is 4.81. The largest absolute Gasteiger partial charge is 0.373 e. The van der Waals surface area contributed by atoms with Crippen molar-refractivity contribution in [2.45, 2.75) is 12.5 Å². The number of hydrogen-bond acceptors (Lipinski definition) is 3. The van der Waals surface area contributed by atoms with E-state index in [1.54, 1.807) is 0 Å². The SMILES string of the molecule is NC(=O)C(Nc1ccccc1Br)C1CCSC1. The van der Waals surface area contributed by atoms with E-state index in [4.69, 9.17) is 5.73 Å². The molecule has 5 heteroatoms. The molecular weight excluding hydrogens is 300 g/mol. The summed E-state index contributed by atoms with van der Waals surface area (Å²) in [5.41, 5.74) is 6.41. The standard InChI is InChI=1S/C12H15BrN2OS/c13-9-3-1-2-4-10(9)15-11(12(14)16)8-5-6-17-7-8/h1-4,8,11,15H,5-7H2,(H2,14,16). The van der Waals surface area contributed by atoms with Gasteiger partial charge in [-0.15, -0.1) is 0 Å². The number of carbonyl (C=O) groups is 1. The minimum atomic E-state index is -0.274. The second-order valence-corrected chi connectivity index (χ2v) is 6.13. The topological polar surface area (TPSA) is 55.1 Å². The molecule has 2 atom stereocenters. The van der Waals surface area contributed by atoms with Crippen LogP contribution in [0.25, 0.3) is 0 Å². The van der Waals surface area contributed by atoms with Gasteiger partial charge in [-0.3, -0.25) is 4.79 Å². The lowest BCUT2D eigenvalue weighted by atomic mass is 9.98. The molecule has 3 N–H and O–H groups in total. The first-order valence-electron chi connectivity index (χ1n) is 5.56. The van der Waals surface area contributed by atoms with E-state index < -0.39 is 0 Å². The van der Waals surface area contributed by atoms with E-state index in [1.165, 1.54) is 0 Å². The number of nitrogens with one attached hydrogen (secondary N) is 1. The van der Waals surface area contributed by atoms with Crippen LogP contribution >= 0.6 is 27.7 Å². The summed E-state index contributed by atoms with van der Waals surface area (Å²) in [5.74, 6) is 2.19. The maximum Gasteiger partial charge on any atom is 0.240 e. The van der Waals surface area contributed by atoms with E-state index in [9.17, 15) is 4.79 Å². The third kappa shape index (κ3) is 3.16. The first-order chi connectivity index (χ1) is 8.18. The number of thioether (sulfide) groups is 1. The Balaban J connectivity index is 2.12. The molecule has 0 aliphatic carbocycles. The number of hydrogen-bond donors (Lipinski definition) is 2. The van der Waals surface area contributed by atoms with Crippen molar-refractivity contribution in [1.29, 1.82) is 0 Å². The lowest BCUT2D eigenvalue weighted by molar-refractivity contribution is -0.119. The van der Waals surface area contributed by atoms with Crippen molar-refractivity contribution in [1.82, 2.24) is 0 Å². The smallest absolute Gasteiger partial charge is 0.240 e. The Labute approximate surface area is 114 Å². The highest BCUT2D eigenvalue weighted by molar-refractivity contribution is 9.10. The minimum absolute atomic E-state index is 0.270. The predicted molar refractivity (Wildman–Crippen MR) is 76.2 cm³/mol. The van der Waals surface area contributed by atoms with Crippen molar-refractivity contribution >= 4 is 39.3 Å². The number of amides is 1. The highest BCUT2D eigenvalue weighted by Crippen LogP contribution is 2.29. The molecule has 1 amide bonds. The fourth-order valence-corrected chi connectivity index (χ4v) is 3.68. The van der Waals surface area contributed by atoms with E-state index >= 15 is 0 Å². The van der Waals surface area contributed by atoms with Crippen molar-refractivity contribution in [3.63, 3.8) is 0 Å². The molecular formula is C12H15BrN2OS. The molecule has 0 spiro atoms. The minimum Gasteiger partial charge on any atom is -0.373 e. The second-order valence-electron chi connectivity index (χ2n) is 4.13. The van der Waals surface area contributed by atoms with Gasteiger partial charge in [0.1, 0.15) is 6.04 Å². The fourth-order valence-electron chi connectivity index (χ4n) is 1.98. The van der Waals surface area contributed by atoms with Gasteiger partial charge in [0.15, 0.2) is 0 Å². The van der Waals surface area contributed by atoms with Gasteiger partial charge in [0.2, 0.25) is 5.91 Å². The molecule has 1 heterocycles. The molecule has 2 unspecified atom stereocenters. The maximum atomic E-state index is 11.5. The number of carbonyl (C=O) groups excluding carboxylic acids is 1. The van der Waals surface area contributed by atoms with Gasteiger partial charge in [-0.25, -0.2) is 0 Å². The van der Waals surface area contributed by atoms with Gasteiger partial charge in [-0.05, 0) is 51.9 Å². The van der Waals surface area contributed by atoms with Crippen LogP contribution in [0.3, 0.4) is 0 Å². The Kier molecular flexibility index (Phi) is 4.34. The zero-order valence-electron chi connectivity index (χ0n) is 9.36. The van der Waals surface area contributed by atoms with Crippen LogP contribution in [0.15, 0.2) is 28.7 Å². The molecule has 0 aromatic heterocycles. The van der Waals surface area contributed by atoms with Gasteiger partial charge in [0.25, 0.3) is 0 Å². The van der Waals surface area contributed by atoms with Crippen molar-refractivity contribution < 1.29 is 4.79 Å². The number of para-hydroxylation sites is 1. The van der Waals surface area contributed by atoms with Crippen LogP contribution in [0.1, 0.15) is 6.42 Å². The van der Waals surface area contributed by atoms with Gasteiger partial charge in [0.05, 0.1) is 0 Å². The summed E-state index contributed by atoms with van der Waals surface area (Å²) >= 11 is 5.35. The fraction of sp³-hybridized carbons (Fsp3) is 0.417.